The van der Waals surface area contributed by atoms with Gasteiger partial charge in [0.05, 0.1) is 21.8 Å². The van der Waals surface area contributed by atoms with Gasteiger partial charge in [-0.1, -0.05) is 35.3 Å². The monoisotopic (exact) mass is 319 g/mol. The maximum atomic E-state index is 6.25. The number of rotatable bonds is 3. The highest BCUT2D eigenvalue weighted by Gasteiger charge is 2.18. The zero-order valence-corrected chi connectivity index (χ0v) is 12.3. The van der Waals surface area contributed by atoms with Crippen molar-refractivity contribution >= 4 is 23.2 Å². The maximum absolute atomic E-state index is 6.25. The van der Waals surface area contributed by atoms with Gasteiger partial charge < -0.3 is 5.73 Å². The summed E-state index contributed by atoms with van der Waals surface area (Å²) in [5.74, 6) is 0.562. The second-order valence-electron chi connectivity index (χ2n) is 4.40. The van der Waals surface area contributed by atoms with E-state index in [1.54, 1.807) is 29.4 Å². The Morgan fingerprint density at radius 3 is 2.76 bits per heavy atom. The number of pyridine rings is 1. The second kappa shape index (κ2) is 5.81. The fourth-order valence-electron chi connectivity index (χ4n) is 2.03. The summed E-state index contributed by atoms with van der Waals surface area (Å²) >= 11 is 12.3. The molecule has 0 amide bonds. The van der Waals surface area contributed by atoms with Crippen LogP contribution in [0.5, 0.6) is 0 Å². The lowest BCUT2D eigenvalue weighted by Crippen LogP contribution is -2.17. The van der Waals surface area contributed by atoms with Crippen LogP contribution in [0.25, 0.3) is 5.69 Å². The molecule has 0 bridgehead atoms. The molecule has 1 aromatic carbocycles. The summed E-state index contributed by atoms with van der Waals surface area (Å²) in [5, 5.41) is 8.92. The van der Waals surface area contributed by atoms with E-state index in [0.29, 0.717) is 21.6 Å². The summed E-state index contributed by atoms with van der Waals surface area (Å²) in [6.45, 7) is 0. The summed E-state index contributed by atoms with van der Waals surface area (Å²) in [6, 6.07) is 8.60. The number of aromatic nitrogens is 4. The summed E-state index contributed by atoms with van der Waals surface area (Å²) in [4.78, 5) is 4.07. The van der Waals surface area contributed by atoms with Gasteiger partial charge in [-0.25, -0.2) is 0 Å². The van der Waals surface area contributed by atoms with Crippen LogP contribution in [0, 0.1) is 0 Å². The van der Waals surface area contributed by atoms with Crippen molar-refractivity contribution < 1.29 is 0 Å². The molecule has 2 aromatic heterocycles. The Bertz CT molecular complexity index is 757. The Hall–Kier alpha value is -1.95. The molecule has 106 valence electrons. The smallest absolute Gasteiger partial charge is 0.159 e. The molecule has 3 aromatic rings. The van der Waals surface area contributed by atoms with E-state index in [9.17, 15) is 0 Å². The lowest BCUT2D eigenvalue weighted by atomic mass is 10.1. The first kappa shape index (κ1) is 14.0. The molecule has 0 saturated carbocycles. The van der Waals surface area contributed by atoms with Crippen LogP contribution in [0.3, 0.4) is 0 Å². The lowest BCUT2D eigenvalue weighted by Gasteiger charge is -2.14. The van der Waals surface area contributed by atoms with Crippen LogP contribution >= 0.6 is 23.2 Å². The molecule has 3 rings (SSSR count). The maximum Gasteiger partial charge on any atom is 0.159 e. The van der Waals surface area contributed by atoms with Gasteiger partial charge in [0.15, 0.2) is 5.82 Å². The Balaban J connectivity index is 2.08. The fraction of sp³-hybridized carbons (Fsp3) is 0.0714. The van der Waals surface area contributed by atoms with E-state index in [4.69, 9.17) is 28.9 Å². The molecule has 2 N–H and O–H groups in total. The zero-order chi connectivity index (χ0) is 14.8. The van der Waals surface area contributed by atoms with E-state index < -0.39 is 6.04 Å². The summed E-state index contributed by atoms with van der Waals surface area (Å²) in [5.41, 5.74) is 7.77. The van der Waals surface area contributed by atoms with Gasteiger partial charge in [-0.3, -0.25) is 9.55 Å². The first-order valence-electron chi connectivity index (χ1n) is 6.18. The second-order valence-corrected chi connectivity index (χ2v) is 5.18. The zero-order valence-electron chi connectivity index (χ0n) is 10.8. The predicted molar refractivity (Wildman–Crippen MR) is 81.6 cm³/mol. The molecule has 0 aliphatic rings. The van der Waals surface area contributed by atoms with E-state index in [-0.39, 0.29) is 0 Å². The van der Waals surface area contributed by atoms with Gasteiger partial charge in [0.25, 0.3) is 0 Å². The third-order valence-electron chi connectivity index (χ3n) is 3.09. The van der Waals surface area contributed by atoms with Crippen LogP contribution in [-0.4, -0.2) is 19.7 Å². The van der Waals surface area contributed by atoms with Gasteiger partial charge in [-0.2, -0.15) is 0 Å². The first-order chi connectivity index (χ1) is 10.2. The molecule has 1 atom stereocenters. The summed E-state index contributed by atoms with van der Waals surface area (Å²) in [6.07, 6.45) is 4.95. The molecular weight excluding hydrogens is 309 g/mol. The van der Waals surface area contributed by atoms with Crippen molar-refractivity contribution in [1.29, 1.82) is 0 Å². The van der Waals surface area contributed by atoms with Gasteiger partial charge in [-0.05, 0) is 23.8 Å². The minimum atomic E-state index is -0.462. The van der Waals surface area contributed by atoms with Crippen LogP contribution in [-0.2, 0) is 0 Å². The minimum Gasteiger partial charge on any atom is -0.318 e. The van der Waals surface area contributed by atoms with Gasteiger partial charge in [0.2, 0.25) is 0 Å². The van der Waals surface area contributed by atoms with Gasteiger partial charge >= 0.3 is 0 Å². The lowest BCUT2D eigenvalue weighted by molar-refractivity contribution is 0.748. The Morgan fingerprint density at radius 2 is 2.00 bits per heavy atom. The molecule has 5 nitrogen and oxygen atoms in total. The molecule has 0 aliphatic heterocycles. The van der Waals surface area contributed by atoms with Crippen LogP contribution in [0.15, 0.2) is 49.1 Å². The van der Waals surface area contributed by atoms with Gasteiger partial charge in [0, 0.05) is 12.4 Å². The third kappa shape index (κ3) is 2.63. The topological polar surface area (TPSA) is 69.6 Å². The largest absolute Gasteiger partial charge is 0.318 e. The molecule has 0 aliphatic carbocycles. The molecule has 0 fully saturated rings. The number of halogens is 2. The number of nitrogens with two attached hydrogens (primary N) is 1. The average molecular weight is 320 g/mol. The highest BCUT2D eigenvalue weighted by molar-refractivity contribution is 6.43. The highest BCUT2D eigenvalue weighted by atomic mass is 35.5. The summed E-state index contributed by atoms with van der Waals surface area (Å²) in [7, 11) is 0. The minimum absolute atomic E-state index is 0.429. The molecule has 0 spiro atoms. The SMILES string of the molecule is NC(c1cccnc1)c1nncn1-c1cccc(Cl)c1Cl. The molecule has 1 unspecified atom stereocenters. The molecule has 21 heavy (non-hydrogen) atoms. The van der Waals surface area contributed by atoms with Crippen LogP contribution in [0.1, 0.15) is 17.4 Å². The molecule has 0 saturated heterocycles. The van der Waals surface area contributed by atoms with Crippen LogP contribution in [0.2, 0.25) is 10.0 Å². The molecular formula is C14H11Cl2N5. The quantitative estimate of drug-likeness (QED) is 0.805. The average Bonchev–Trinajstić information content (AvgIpc) is 2.99. The van der Waals surface area contributed by atoms with E-state index in [1.165, 1.54) is 0 Å². The van der Waals surface area contributed by atoms with Gasteiger partial charge in [0.1, 0.15) is 6.33 Å². The Morgan fingerprint density at radius 1 is 1.14 bits per heavy atom. The van der Waals surface area contributed by atoms with Crippen molar-refractivity contribution in [1.82, 2.24) is 19.7 Å². The number of hydrogen-bond acceptors (Lipinski definition) is 4. The highest BCUT2D eigenvalue weighted by Crippen LogP contribution is 2.30. The summed E-state index contributed by atoms with van der Waals surface area (Å²) < 4.78 is 1.73. The van der Waals surface area contributed by atoms with E-state index in [0.717, 1.165) is 5.56 Å². The molecule has 2 heterocycles. The van der Waals surface area contributed by atoms with E-state index in [2.05, 4.69) is 15.2 Å². The number of hydrogen-bond donors (Lipinski definition) is 1. The predicted octanol–water partition coefficient (Wildman–Crippen LogP) is 3.02. The van der Waals surface area contributed by atoms with Crippen molar-refractivity contribution in [3.05, 3.63) is 70.5 Å². The Labute approximate surface area is 131 Å². The van der Waals surface area contributed by atoms with Crippen molar-refractivity contribution in [2.45, 2.75) is 6.04 Å². The van der Waals surface area contributed by atoms with Crippen LogP contribution in [0.4, 0.5) is 0 Å². The van der Waals surface area contributed by atoms with Crippen molar-refractivity contribution in [3.8, 4) is 5.69 Å². The number of nitrogens with zero attached hydrogens (tertiary/aromatic N) is 4. The van der Waals surface area contributed by atoms with E-state index >= 15 is 0 Å². The number of benzene rings is 1. The fourth-order valence-corrected chi connectivity index (χ4v) is 2.42. The Kier molecular flexibility index (Phi) is 3.88. The molecule has 7 heteroatoms. The van der Waals surface area contributed by atoms with E-state index in [1.807, 2.05) is 24.3 Å². The van der Waals surface area contributed by atoms with Crippen molar-refractivity contribution in [2.75, 3.05) is 0 Å². The van der Waals surface area contributed by atoms with Crippen molar-refractivity contribution in [2.24, 2.45) is 5.73 Å². The van der Waals surface area contributed by atoms with Gasteiger partial charge in [-0.15, -0.1) is 10.2 Å². The molecule has 0 radical (unpaired) electrons. The van der Waals surface area contributed by atoms with Crippen molar-refractivity contribution in [3.63, 3.8) is 0 Å². The first-order valence-corrected chi connectivity index (χ1v) is 6.94. The normalized spacial score (nSPS) is 12.3. The standard InChI is InChI=1S/C14H11Cl2N5/c15-10-4-1-5-11(12(10)16)21-8-19-20-14(21)13(17)9-3-2-6-18-7-9/h1-8,13H,17H2. The van der Waals surface area contributed by atoms with Crippen LogP contribution < -0.4 is 5.73 Å². The third-order valence-corrected chi connectivity index (χ3v) is 3.90.